The lowest BCUT2D eigenvalue weighted by Crippen LogP contribution is -2.43. The quantitative estimate of drug-likeness (QED) is 0.778. The number of halogens is 1. The minimum absolute atomic E-state index is 0.270. The first kappa shape index (κ1) is 16.5. The second-order valence-electron chi connectivity index (χ2n) is 5.31. The van der Waals surface area contributed by atoms with E-state index in [1.165, 1.54) is 0 Å². The molecule has 1 heterocycles. The lowest BCUT2D eigenvalue weighted by atomic mass is 9.92. The van der Waals surface area contributed by atoms with Crippen LogP contribution in [0.15, 0.2) is 28.7 Å². The summed E-state index contributed by atoms with van der Waals surface area (Å²) in [6.07, 6.45) is 0.793. The highest BCUT2D eigenvalue weighted by Crippen LogP contribution is 2.30. The Hall–Kier alpha value is -1.89. The topological polar surface area (TPSA) is 78.5 Å². The highest BCUT2D eigenvalue weighted by atomic mass is 79.9. The van der Waals surface area contributed by atoms with Gasteiger partial charge in [0.2, 0.25) is 5.91 Å². The van der Waals surface area contributed by atoms with Crippen LogP contribution < -0.4 is 10.6 Å². The number of imide groups is 1. The standard InChI is InChI=1S/C15H18BrN3O3/c1-3-7-17-12(20)9-19-13(21)15(2,18-14(19)22)10-5-4-6-11(16)8-10/h4-6,8H,3,7,9H2,1-2H3,(H,17,20)(H,18,22)/t15-/m1/s1. The molecule has 0 bridgehead atoms. The predicted molar refractivity (Wildman–Crippen MR) is 85.0 cm³/mol. The number of urea groups is 1. The Morgan fingerprint density at radius 3 is 2.77 bits per heavy atom. The minimum Gasteiger partial charge on any atom is -0.355 e. The molecule has 4 amide bonds. The van der Waals surface area contributed by atoms with Crippen molar-refractivity contribution >= 4 is 33.8 Å². The summed E-state index contributed by atoms with van der Waals surface area (Å²) in [6.45, 7) is 3.82. The summed E-state index contributed by atoms with van der Waals surface area (Å²) >= 11 is 3.35. The fourth-order valence-corrected chi connectivity index (χ4v) is 2.70. The van der Waals surface area contributed by atoms with Gasteiger partial charge in [-0.25, -0.2) is 4.79 Å². The van der Waals surface area contributed by atoms with Crippen LogP contribution in [0.1, 0.15) is 25.8 Å². The Morgan fingerprint density at radius 2 is 2.14 bits per heavy atom. The molecule has 0 unspecified atom stereocenters. The molecule has 2 N–H and O–H groups in total. The van der Waals surface area contributed by atoms with E-state index >= 15 is 0 Å². The van der Waals surface area contributed by atoms with Gasteiger partial charge in [-0.15, -0.1) is 0 Å². The monoisotopic (exact) mass is 367 g/mol. The Morgan fingerprint density at radius 1 is 1.41 bits per heavy atom. The summed E-state index contributed by atoms with van der Waals surface area (Å²) in [5.74, 6) is -0.772. The molecule has 118 valence electrons. The van der Waals surface area contributed by atoms with Crippen molar-refractivity contribution in [3.63, 3.8) is 0 Å². The fourth-order valence-electron chi connectivity index (χ4n) is 2.30. The van der Waals surface area contributed by atoms with Gasteiger partial charge in [0.15, 0.2) is 0 Å². The number of hydrogen-bond donors (Lipinski definition) is 2. The van der Waals surface area contributed by atoms with Gasteiger partial charge in [-0.3, -0.25) is 14.5 Å². The Bertz CT molecular complexity index is 620. The highest BCUT2D eigenvalue weighted by molar-refractivity contribution is 9.10. The van der Waals surface area contributed by atoms with E-state index in [0.29, 0.717) is 12.1 Å². The van der Waals surface area contributed by atoms with Crippen LogP contribution in [0.25, 0.3) is 0 Å². The van der Waals surface area contributed by atoms with Gasteiger partial charge in [0.25, 0.3) is 5.91 Å². The number of nitrogens with zero attached hydrogens (tertiary/aromatic N) is 1. The van der Waals surface area contributed by atoms with Crippen LogP contribution in [0.4, 0.5) is 4.79 Å². The largest absolute Gasteiger partial charge is 0.355 e. The number of nitrogens with one attached hydrogen (secondary N) is 2. The van der Waals surface area contributed by atoms with Gasteiger partial charge in [-0.2, -0.15) is 0 Å². The molecular formula is C15H18BrN3O3. The zero-order valence-electron chi connectivity index (χ0n) is 12.5. The summed E-state index contributed by atoms with van der Waals surface area (Å²) in [4.78, 5) is 37.4. The molecule has 1 aromatic rings. The zero-order valence-corrected chi connectivity index (χ0v) is 14.1. The Balaban J connectivity index is 2.19. The van der Waals surface area contributed by atoms with Crippen molar-refractivity contribution < 1.29 is 14.4 Å². The maximum Gasteiger partial charge on any atom is 0.325 e. The number of rotatable bonds is 5. The van der Waals surface area contributed by atoms with E-state index in [1.807, 2.05) is 13.0 Å². The van der Waals surface area contributed by atoms with E-state index in [4.69, 9.17) is 0 Å². The molecule has 1 atom stereocenters. The molecule has 7 heteroatoms. The Kier molecular flexibility index (Phi) is 4.85. The van der Waals surface area contributed by atoms with Gasteiger partial charge in [-0.05, 0) is 31.0 Å². The molecule has 0 aromatic heterocycles. The van der Waals surface area contributed by atoms with Gasteiger partial charge in [0.1, 0.15) is 12.1 Å². The molecule has 0 spiro atoms. The first-order valence-electron chi connectivity index (χ1n) is 7.05. The lowest BCUT2D eigenvalue weighted by molar-refractivity contribution is -0.134. The second-order valence-corrected chi connectivity index (χ2v) is 6.22. The van der Waals surface area contributed by atoms with Gasteiger partial charge in [0, 0.05) is 11.0 Å². The first-order chi connectivity index (χ1) is 10.4. The molecule has 2 rings (SSSR count). The van der Waals surface area contributed by atoms with Crippen molar-refractivity contribution in [2.45, 2.75) is 25.8 Å². The third kappa shape index (κ3) is 3.14. The first-order valence-corrected chi connectivity index (χ1v) is 7.84. The highest BCUT2D eigenvalue weighted by Gasteiger charge is 2.49. The fraction of sp³-hybridized carbons (Fsp3) is 0.400. The van der Waals surface area contributed by atoms with Crippen molar-refractivity contribution in [1.82, 2.24) is 15.5 Å². The molecule has 1 aliphatic rings. The average Bonchev–Trinajstić information content (AvgIpc) is 2.70. The SMILES string of the molecule is CCCNC(=O)CN1C(=O)N[C@](C)(c2cccc(Br)c2)C1=O. The minimum atomic E-state index is -1.16. The normalized spacial score (nSPS) is 21.0. The second kappa shape index (κ2) is 6.48. The molecule has 1 saturated heterocycles. The molecule has 1 fully saturated rings. The number of carbonyl (C=O) groups excluding carboxylic acids is 3. The molecular weight excluding hydrogens is 350 g/mol. The number of carbonyl (C=O) groups is 3. The van der Waals surface area contributed by atoms with E-state index in [2.05, 4.69) is 26.6 Å². The molecule has 0 aliphatic carbocycles. The third-order valence-corrected chi connectivity index (χ3v) is 4.04. The van der Waals surface area contributed by atoms with Crippen molar-refractivity contribution in [3.05, 3.63) is 34.3 Å². The summed E-state index contributed by atoms with van der Waals surface area (Å²) in [5, 5.41) is 5.33. The van der Waals surface area contributed by atoms with Crippen LogP contribution in [0.2, 0.25) is 0 Å². The molecule has 6 nitrogen and oxygen atoms in total. The predicted octanol–water partition coefficient (Wildman–Crippen LogP) is 1.74. The van der Waals surface area contributed by atoms with Crippen LogP contribution in [-0.4, -0.2) is 35.8 Å². The zero-order chi connectivity index (χ0) is 16.3. The summed E-state index contributed by atoms with van der Waals surface area (Å²) in [5.41, 5.74) is -0.497. The average molecular weight is 368 g/mol. The molecule has 1 aromatic carbocycles. The number of benzene rings is 1. The van der Waals surface area contributed by atoms with Gasteiger partial charge in [0.05, 0.1) is 0 Å². The van der Waals surface area contributed by atoms with E-state index in [0.717, 1.165) is 15.8 Å². The van der Waals surface area contributed by atoms with Crippen LogP contribution >= 0.6 is 15.9 Å². The van der Waals surface area contributed by atoms with Crippen LogP contribution in [0.3, 0.4) is 0 Å². The maximum atomic E-state index is 12.6. The third-order valence-electron chi connectivity index (χ3n) is 3.55. The van der Waals surface area contributed by atoms with Crippen LogP contribution in [0.5, 0.6) is 0 Å². The smallest absolute Gasteiger partial charge is 0.325 e. The van der Waals surface area contributed by atoms with Crippen LogP contribution in [0, 0.1) is 0 Å². The van der Waals surface area contributed by atoms with Crippen molar-refractivity contribution in [2.24, 2.45) is 0 Å². The summed E-state index contributed by atoms with van der Waals surface area (Å²) in [6, 6.07) is 6.62. The molecule has 1 aliphatic heterocycles. The van der Waals surface area contributed by atoms with E-state index in [9.17, 15) is 14.4 Å². The van der Waals surface area contributed by atoms with Crippen LogP contribution in [-0.2, 0) is 15.1 Å². The van der Waals surface area contributed by atoms with E-state index in [1.54, 1.807) is 25.1 Å². The number of hydrogen-bond acceptors (Lipinski definition) is 3. The Labute approximate surface area is 137 Å². The van der Waals surface area contributed by atoms with Gasteiger partial charge < -0.3 is 10.6 Å². The van der Waals surface area contributed by atoms with Crippen molar-refractivity contribution in [2.75, 3.05) is 13.1 Å². The number of amides is 4. The summed E-state index contributed by atoms with van der Waals surface area (Å²) < 4.78 is 0.812. The molecule has 22 heavy (non-hydrogen) atoms. The molecule has 0 radical (unpaired) electrons. The molecule has 0 saturated carbocycles. The lowest BCUT2D eigenvalue weighted by Gasteiger charge is -2.22. The summed E-state index contributed by atoms with van der Waals surface area (Å²) in [7, 11) is 0. The van der Waals surface area contributed by atoms with Crippen molar-refractivity contribution in [1.29, 1.82) is 0 Å². The van der Waals surface area contributed by atoms with Crippen molar-refractivity contribution in [3.8, 4) is 0 Å². The van der Waals surface area contributed by atoms with Gasteiger partial charge in [-0.1, -0.05) is 35.0 Å². The van der Waals surface area contributed by atoms with E-state index in [-0.39, 0.29) is 12.5 Å². The van der Waals surface area contributed by atoms with E-state index < -0.39 is 17.5 Å². The maximum absolute atomic E-state index is 12.6. The van der Waals surface area contributed by atoms with Gasteiger partial charge >= 0.3 is 6.03 Å².